The van der Waals surface area contributed by atoms with Crippen molar-refractivity contribution >= 4 is 17.9 Å². The molecule has 1 radical (unpaired) electrons. The lowest BCUT2D eigenvalue weighted by Crippen LogP contribution is -2.09. The minimum absolute atomic E-state index is 0.00931. The second-order valence-electron chi connectivity index (χ2n) is 2.32. The van der Waals surface area contributed by atoms with Gasteiger partial charge in [0.2, 0.25) is 0 Å². The molecule has 0 aliphatic heterocycles. The Morgan fingerprint density at radius 2 is 2.30 bits per heavy atom. The van der Waals surface area contributed by atoms with E-state index in [-0.39, 0.29) is 6.10 Å². The van der Waals surface area contributed by atoms with Gasteiger partial charge in [-0.1, -0.05) is 19.8 Å². The molecular formula is C7H13O2S. The molecule has 0 aromatic rings. The van der Waals surface area contributed by atoms with Crippen LogP contribution < -0.4 is 0 Å². The van der Waals surface area contributed by atoms with E-state index in [0.29, 0.717) is 0 Å². The lowest BCUT2D eigenvalue weighted by atomic mass is 10.2. The Kier molecular flexibility index (Phi) is 5.30. The third kappa shape index (κ3) is 5.82. The summed E-state index contributed by atoms with van der Waals surface area (Å²) in [5, 5.41) is -0.594. The van der Waals surface area contributed by atoms with Crippen molar-refractivity contribution in [3.05, 3.63) is 0 Å². The van der Waals surface area contributed by atoms with Crippen LogP contribution in [0, 0.1) is 0 Å². The van der Waals surface area contributed by atoms with Crippen LogP contribution in [0.15, 0.2) is 0 Å². The molecule has 0 spiro atoms. The smallest absolute Gasteiger partial charge is 0.400 e. The zero-order valence-corrected chi connectivity index (χ0v) is 7.24. The van der Waals surface area contributed by atoms with E-state index >= 15 is 0 Å². The molecule has 0 aromatic carbocycles. The predicted molar refractivity (Wildman–Crippen MR) is 43.1 cm³/mol. The van der Waals surface area contributed by atoms with E-state index in [4.69, 9.17) is 4.74 Å². The van der Waals surface area contributed by atoms with Crippen LogP contribution in [0.1, 0.15) is 33.1 Å². The average Bonchev–Trinajstić information content (AvgIpc) is 1.82. The summed E-state index contributed by atoms with van der Waals surface area (Å²) in [5.74, 6) is 0. The van der Waals surface area contributed by atoms with Gasteiger partial charge >= 0.3 is 5.30 Å². The molecule has 0 bridgehead atoms. The first-order valence-corrected chi connectivity index (χ1v) is 3.95. The van der Waals surface area contributed by atoms with Crippen LogP contribution >= 0.6 is 12.6 Å². The number of rotatable bonds is 4. The molecular weight excluding hydrogens is 148 g/mol. The van der Waals surface area contributed by atoms with Crippen LogP contribution in [0.3, 0.4) is 0 Å². The highest BCUT2D eigenvalue weighted by atomic mass is 32.1. The van der Waals surface area contributed by atoms with Crippen molar-refractivity contribution in [3.8, 4) is 0 Å². The quantitative estimate of drug-likeness (QED) is 0.592. The Labute approximate surface area is 67.4 Å². The largest absolute Gasteiger partial charge is 0.451 e. The third-order valence-corrected chi connectivity index (χ3v) is 1.36. The Balaban J connectivity index is 3.25. The summed E-state index contributed by atoms with van der Waals surface area (Å²) in [6, 6.07) is 0. The fraction of sp³-hybridized carbons (Fsp3) is 0.857. The van der Waals surface area contributed by atoms with Gasteiger partial charge in [0.1, 0.15) is 6.10 Å². The third-order valence-electron chi connectivity index (χ3n) is 1.26. The summed E-state index contributed by atoms with van der Waals surface area (Å²) in [7, 11) is 0. The first kappa shape index (κ1) is 9.69. The van der Waals surface area contributed by atoms with Crippen LogP contribution in [-0.2, 0) is 4.74 Å². The minimum atomic E-state index is -0.594. The lowest BCUT2D eigenvalue weighted by molar-refractivity contribution is 0.127. The zero-order valence-electron chi connectivity index (χ0n) is 6.42. The van der Waals surface area contributed by atoms with E-state index in [2.05, 4.69) is 19.6 Å². The van der Waals surface area contributed by atoms with Gasteiger partial charge in [-0.15, -0.1) is 0 Å². The Morgan fingerprint density at radius 1 is 1.70 bits per heavy atom. The number of hydrogen-bond donors (Lipinski definition) is 0. The second-order valence-corrected chi connectivity index (χ2v) is 2.65. The summed E-state index contributed by atoms with van der Waals surface area (Å²) in [6.45, 7) is 3.96. The highest BCUT2D eigenvalue weighted by Gasteiger charge is 2.04. The molecule has 2 nitrogen and oxygen atoms in total. The average molecular weight is 161 g/mol. The van der Waals surface area contributed by atoms with Gasteiger partial charge in [0.15, 0.2) is 0 Å². The first-order valence-electron chi connectivity index (χ1n) is 3.54. The van der Waals surface area contributed by atoms with Gasteiger partial charge in [0.25, 0.3) is 0 Å². The molecule has 0 amide bonds. The molecule has 59 valence electrons. The zero-order chi connectivity index (χ0) is 7.98. The van der Waals surface area contributed by atoms with Crippen LogP contribution in [0.4, 0.5) is 4.79 Å². The van der Waals surface area contributed by atoms with Gasteiger partial charge in [-0.3, -0.25) is 0 Å². The molecule has 0 saturated carbocycles. The maximum Gasteiger partial charge on any atom is 0.400 e. The van der Waals surface area contributed by atoms with Crippen LogP contribution in [-0.4, -0.2) is 11.4 Å². The van der Waals surface area contributed by atoms with Gasteiger partial charge in [-0.25, -0.2) is 4.79 Å². The van der Waals surface area contributed by atoms with Crippen LogP contribution in [0.5, 0.6) is 0 Å². The molecule has 1 atom stereocenters. The van der Waals surface area contributed by atoms with Gasteiger partial charge in [0.05, 0.1) is 0 Å². The van der Waals surface area contributed by atoms with E-state index in [9.17, 15) is 4.79 Å². The second kappa shape index (κ2) is 5.47. The van der Waals surface area contributed by atoms with E-state index < -0.39 is 5.30 Å². The van der Waals surface area contributed by atoms with Crippen molar-refractivity contribution in [2.75, 3.05) is 0 Å². The predicted octanol–water partition coefficient (Wildman–Crippen LogP) is 2.90. The van der Waals surface area contributed by atoms with E-state index in [1.807, 2.05) is 6.92 Å². The van der Waals surface area contributed by atoms with Crippen LogP contribution in [0.25, 0.3) is 0 Å². The Bertz CT molecular complexity index is 104. The number of carbonyl (C=O) groups excluding carboxylic acids is 1. The van der Waals surface area contributed by atoms with Crippen LogP contribution in [0.2, 0.25) is 0 Å². The molecule has 0 aromatic heterocycles. The SMILES string of the molecule is CCCCC(C)OC(=O)[S]. The Morgan fingerprint density at radius 3 is 2.70 bits per heavy atom. The molecule has 10 heavy (non-hydrogen) atoms. The first-order chi connectivity index (χ1) is 4.66. The van der Waals surface area contributed by atoms with Crippen molar-refractivity contribution in [3.63, 3.8) is 0 Å². The standard InChI is InChI=1S/C7H13O2S/c1-3-4-5-6(2)9-7(8)10/h6H,3-5H2,1-2H3. The molecule has 3 heteroatoms. The summed E-state index contributed by atoms with van der Waals surface area (Å²) in [5.41, 5.74) is 0. The van der Waals surface area contributed by atoms with Crippen molar-refractivity contribution in [1.29, 1.82) is 0 Å². The van der Waals surface area contributed by atoms with Crippen molar-refractivity contribution in [2.24, 2.45) is 0 Å². The molecule has 0 saturated heterocycles. The van der Waals surface area contributed by atoms with Crippen molar-refractivity contribution < 1.29 is 9.53 Å². The highest BCUT2D eigenvalue weighted by Crippen LogP contribution is 2.05. The molecule has 0 N–H and O–H groups in total. The molecule has 0 heterocycles. The van der Waals surface area contributed by atoms with Gasteiger partial charge < -0.3 is 4.74 Å². The van der Waals surface area contributed by atoms with E-state index in [1.165, 1.54) is 0 Å². The summed E-state index contributed by atoms with van der Waals surface area (Å²) in [4.78, 5) is 10.2. The molecule has 0 aliphatic carbocycles. The number of carbonyl (C=O) groups is 1. The van der Waals surface area contributed by atoms with Gasteiger partial charge in [-0.05, 0) is 13.3 Å². The van der Waals surface area contributed by atoms with Crippen molar-refractivity contribution in [2.45, 2.75) is 39.2 Å². The summed E-state index contributed by atoms with van der Waals surface area (Å²) < 4.78 is 4.73. The molecule has 0 fully saturated rings. The van der Waals surface area contributed by atoms with Gasteiger partial charge in [0, 0.05) is 12.6 Å². The monoisotopic (exact) mass is 161 g/mol. The van der Waals surface area contributed by atoms with Crippen molar-refractivity contribution in [1.82, 2.24) is 0 Å². The highest BCUT2D eigenvalue weighted by molar-refractivity contribution is 7.96. The molecule has 1 unspecified atom stereocenters. The molecule has 0 rings (SSSR count). The lowest BCUT2D eigenvalue weighted by Gasteiger charge is -2.08. The summed E-state index contributed by atoms with van der Waals surface area (Å²) >= 11 is 4.24. The summed E-state index contributed by atoms with van der Waals surface area (Å²) in [6.07, 6.45) is 3.12. The minimum Gasteiger partial charge on any atom is -0.451 e. The number of unbranched alkanes of at least 4 members (excludes halogenated alkanes) is 1. The van der Waals surface area contributed by atoms with E-state index in [1.54, 1.807) is 0 Å². The van der Waals surface area contributed by atoms with E-state index in [0.717, 1.165) is 19.3 Å². The maximum atomic E-state index is 10.2. The topological polar surface area (TPSA) is 26.3 Å². The Hall–Kier alpha value is -0.310. The molecule has 0 aliphatic rings. The number of ether oxygens (including phenoxy) is 1. The van der Waals surface area contributed by atoms with Gasteiger partial charge in [-0.2, -0.15) is 0 Å². The number of hydrogen-bond acceptors (Lipinski definition) is 2. The normalized spacial score (nSPS) is 12.6. The maximum absolute atomic E-state index is 10.2. The fourth-order valence-electron chi connectivity index (χ4n) is 0.715. The fourth-order valence-corrected chi connectivity index (χ4v) is 0.879.